The lowest BCUT2D eigenvalue weighted by Crippen LogP contribution is -2.08. The van der Waals surface area contributed by atoms with Gasteiger partial charge in [-0.05, 0) is 29.9 Å². The Kier molecular flexibility index (Phi) is 4.21. The van der Waals surface area contributed by atoms with Gasteiger partial charge >= 0.3 is 0 Å². The van der Waals surface area contributed by atoms with E-state index in [9.17, 15) is 0 Å². The van der Waals surface area contributed by atoms with Crippen molar-refractivity contribution in [1.29, 1.82) is 0 Å². The fourth-order valence-corrected chi connectivity index (χ4v) is 1.89. The SMILES string of the molecule is CN=C(c1ccc(SC)cc1)C(C)C. The number of rotatable bonds is 3. The van der Waals surface area contributed by atoms with Crippen LogP contribution in [0.2, 0.25) is 0 Å². The number of aliphatic imine (C=N–C) groups is 1. The van der Waals surface area contributed by atoms with E-state index in [0.29, 0.717) is 5.92 Å². The molecule has 0 unspecified atom stereocenters. The summed E-state index contributed by atoms with van der Waals surface area (Å²) in [6, 6.07) is 8.59. The third-order valence-corrected chi connectivity index (χ3v) is 2.92. The Bertz CT molecular complexity index is 312. The van der Waals surface area contributed by atoms with Crippen molar-refractivity contribution in [1.82, 2.24) is 0 Å². The molecule has 1 aromatic rings. The summed E-state index contributed by atoms with van der Waals surface area (Å²) in [6.45, 7) is 4.34. The molecule has 0 radical (unpaired) electrons. The third-order valence-electron chi connectivity index (χ3n) is 2.17. The van der Waals surface area contributed by atoms with Crippen LogP contribution in [0.5, 0.6) is 0 Å². The molecule has 14 heavy (non-hydrogen) atoms. The number of thioether (sulfide) groups is 1. The first kappa shape index (κ1) is 11.3. The number of hydrogen-bond acceptors (Lipinski definition) is 2. The topological polar surface area (TPSA) is 12.4 Å². The fraction of sp³-hybridized carbons (Fsp3) is 0.417. The summed E-state index contributed by atoms with van der Waals surface area (Å²) in [5.41, 5.74) is 2.41. The summed E-state index contributed by atoms with van der Waals surface area (Å²) in [5.74, 6) is 0.486. The first-order chi connectivity index (χ1) is 6.69. The lowest BCUT2D eigenvalue weighted by Gasteiger charge is -2.09. The van der Waals surface area contributed by atoms with Gasteiger partial charge in [0.2, 0.25) is 0 Å². The molecule has 0 aliphatic carbocycles. The lowest BCUT2D eigenvalue weighted by atomic mass is 10.0. The van der Waals surface area contributed by atoms with E-state index >= 15 is 0 Å². The van der Waals surface area contributed by atoms with Crippen LogP contribution < -0.4 is 0 Å². The average Bonchev–Trinajstić information content (AvgIpc) is 2.19. The molecule has 0 aromatic heterocycles. The van der Waals surface area contributed by atoms with Crippen molar-refractivity contribution >= 4 is 17.5 Å². The smallest absolute Gasteiger partial charge is 0.0442 e. The Labute approximate surface area is 90.6 Å². The molecular formula is C12H17NS. The van der Waals surface area contributed by atoms with E-state index in [0.717, 1.165) is 0 Å². The molecule has 1 nitrogen and oxygen atoms in total. The molecule has 0 amide bonds. The fourth-order valence-electron chi connectivity index (χ4n) is 1.48. The Morgan fingerprint density at radius 2 is 1.79 bits per heavy atom. The molecular weight excluding hydrogens is 190 g/mol. The van der Waals surface area contributed by atoms with E-state index < -0.39 is 0 Å². The second-order valence-corrected chi connectivity index (χ2v) is 4.37. The highest BCUT2D eigenvalue weighted by Gasteiger charge is 2.06. The molecule has 0 aliphatic rings. The van der Waals surface area contributed by atoms with Crippen molar-refractivity contribution in [2.24, 2.45) is 10.9 Å². The zero-order chi connectivity index (χ0) is 10.6. The molecule has 0 N–H and O–H groups in total. The first-order valence-electron chi connectivity index (χ1n) is 4.80. The van der Waals surface area contributed by atoms with Gasteiger partial charge in [-0.3, -0.25) is 4.99 Å². The quantitative estimate of drug-likeness (QED) is 0.546. The van der Waals surface area contributed by atoms with Gasteiger partial charge < -0.3 is 0 Å². The Morgan fingerprint density at radius 3 is 2.14 bits per heavy atom. The lowest BCUT2D eigenvalue weighted by molar-refractivity contribution is 0.881. The summed E-state index contributed by atoms with van der Waals surface area (Å²) in [6.07, 6.45) is 2.09. The van der Waals surface area contributed by atoms with Gasteiger partial charge in [-0.15, -0.1) is 11.8 Å². The summed E-state index contributed by atoms with van der Waals surface area (Å²) >= 11 is 1.77. The average molecular weight is 207 g/mol. The molecule has 0 bridgehead atoms. The molecule has 1 rings (SSSR count). The van der Waals surface area contributed by atoms with E-state index in [1.165, 1.54) is 16.2 Å². The number of hydrogen-bond donors (Lipinski definition) is 0. The van der Waals surface area contributed by atoms with Gasteiger partial charge in [0.1, 0.15) is 0 Å². The van der Waals surface area contributed by atoms with Gasteiger partial charge in [0.15, 0.2) is 0 Å². The van der Waals surface area contributed by atoms with Crippen molar-refractivity contribution in [3.8, 4) is 0 Å². The standard InChI is InChI=1S/C12H17NS/c1-9(2)12(13-3)10-5-7-11(14-4)8-6-10/h5-9H,1-4H3. The van der Waals surface area contributed by atoms with Crippen molar-refractivity contribution in [2.45, 2.75) is 18.7 Å². The molecule has 0 atom stereocenters. The molecule has 76 valence electrons. The molecule has 0 aliphatic heterocycles. The second-order valence-electron chi connectivity index (χ2n) is 3.49. The minimum Gasteiger partial charge on any atom is -0.292 e. The molecule has 0 fully saturated rings. The number of benzene rings is 1. The van der Waals surface area contributed by atoms with Gasteiger partial charge in [0, 0.05) is 17.7 Å². The van der Waals surface area contributed by atoms with Crippen LogP contribution in [0, 0.1) is 5.92 Å². The minimum absolute atomic E-state index is 0.486. The van der Waals surface area contributed by atoms with Crippen LogP contribution in [0.3, 0.4) is 0 Å². The van der Waals surface area contributed by atoms with E-state index in [1.54, 1.807) is 11.8 Å². The van der Waals surface area contributed by atoms with Crippen molar-refractivity contribution < 1.29 is 0 Å². The normalized spacial score (nSPS) is 12.2. The zero-order valence-electron chi connectivity index (χ0n) is 9.24. The van der Waals surface area contributed by atoms with Crippen molar-refractivity contribution in [3.05, 3.63) is 29.8 Å². The maximum Gasteiger partial charge on any atom is 0.0442 e. The van der Waals surface area contributed by atoms with E-state index in [4.69, 9.17) is 0 Å². The minimum atomic E-state index is 0.486. The van der Waals surface area contributed by atoms with Crippen LogP contribution in [-0.4, -0.2) is 19.0 Å². The maximum absolute atomic E-state index is 4.32. The van der Waals surface area contributed by atoms with Gasteiger partial charge in [-0.2, -0.15) is 0 Å². The molecule has 1 aromatic carbocycles. The summed E-state index contributed by atoms with van der Waals surface area (Å²) in [4.78, 5) is 5.62. The van der Waals surface area contributed by atoms with Gasteiger partial charge in [-0.1, -0.05) is 26.0 Å². The van der Waals surface area contributed by atoms with Gasteiger partial charge in [-0.25, -0.2) is 0 Å². The number of nitrogens with zero attached hydrogens (tertiary/aromatic N) is 1. The van der Waals surface area contributed by atoms with Crippen LogP contribution in [0.1, 0.15) is 19.4 Å². The summed E-state index contributed by atoms with van der Waals surface area (Å²) < 4.78 is 0. The van der Waals surface area contributed by atoms with Crippen molar-refractivity contribution in [2.75, 3.05) is 13.3 Å². The van der Waals surface area contributed by atoms with E-state index in [2.05, 4.69) is 49.4 Å². The zero-order valence-corrected chi connectivity index (χ0v) is 10.1. The molecule has 0 spiro atoms. The maximum atomic E-state index is 4.32. The van der Waals surface area contributed by atoms with Crippen LogP contribution in [-0.2, 0) is 0 Å². The molecule has 2 heteroatoms. The summed E-state index contributed by atoms with van der Waals surface area (Å²) in [7, 11) is 1.86. The Balaban J connectivity index is 2.96. The predicted molar refractivity (Wildman–Crippen MR) is 65.5 cm³/mol. The highest BCUT2D eigenvalue weighted by molar-refractivity contribution is 7.98. The van der Waals surface area contributed by atoms with Crippen LogP contribution in [0.15, 0.2) is 34.2 Å². The van der Waals surface area contributed by atoms with Crippen LogP contribution >= 0.6 is 11.8 Å². The Morgan fingerprint density at radius 1 is 1.21 bits per heavy atom. The van der Waals surface area contributed by atoms with Crippen LogP contribution in [0.4, 0.5) is 0 Å². The highest BCUT2D eigenvalue weighted by atomic mass is 32.2. The molecule has 0 heterocycles. The predicted octanol–water partition coefficient (Wildman–Crippen LogP) is 3.48. The second kappa shape index (κ2) is 5.20. The largest absolute Gasteiger partial charge is 0.292 e. The first-order valence-corrected chi connectivity index (χ1v) is 6.02. The monoisotopic (exact) mass is 207 g/mol. The van der Waals surface area contributed by atoms with Crippen molar-refractivity contribution in [3.63, 3.8) is 0 Å². The van der Waals surface area contributed by atoms with Gasteiger partial charge in [0.05, 0.1) is 0 Å². The van der Waals surface area contributed by atoms with E-state index in [-0.39, 0.29) is 0 Å². The molecule has 0 saturated carbocycles. The Hall–Kier alpha value is -0.760. The summed E-state index contributed by atoms with van der Waals surface area (Å²) in [5, 5.41) is 0. The van der Waals surface area contributed by atoms with Crippen LogP contribution in [0.25, 0.3) is 0 Å². The van der Waals surface area contributed by atoms with Gasteiger partial charge in [0.25, 0.3) is 0 Å². The van der Waals surface area contributed by atoms with E-state index in [1.807, 2.05) is 7.05 Å². The third kappa shape index (κ3) is 2.61. The molecule has 0 saturated heterocycles. The highest BCUT2D eigenvalue weighted by Crippen LogP contribution is 2.17.